The summed E-state index contributed by atoms with van der Waals surface area (Å²) in [5.74, 6) is -0.191. The van der Waals surface area contributed by atoms with Crippen LogP contribution in [0.25, 0.3) is 5.69 Å². The summed E-state index contributed by atoms with van der Waals surface area (Å²) in [6, 6.07) is 16.8. The Morgan fingerprint density at radius 2 is 1.84 bits per heavy atom. The number of rotatable bonds is 6. The van der Waals surface area contributed by atoms with Gasteiger partial charge in [-0.1, -0.05) is 47.7 Å². The fraction of sp³-hybridized carbons (Fsp3) is 0.211. The Labute approximate surface area is 146 Å². The van der Waals surface area contributed by atoms with Crippen LogP contribution in [-0.4, -0.2) is 26.0 Å². The van der Waals surface area contributed by atoms with Crippen LogP contribution in [-0.2, 0) is 4.79 Å². The van der Waals surface area contributed by atoms with E-state index in [1.54, 1.807) is 17.1 Å². The van der Waals surface area contributed by atoms with E-state index in [9.17, 15) is 9.90 Å². The molecule has 6 nitrogen and oxygen atoms in total. The maximum Gasteiger partial charge on any atom is 0.223 e. The van der Waals surface area contributed by atoms with Crippen molar-refractivity contribution in [2.24, 2.45) is 0 Å². The Balaban J connectivity index is 1.58. The minimum absolute atomic E-state index is 0.0331. The molecule has 25 heavy (non-hydrogen) atoms. The quantitative estimate of drug-likeness (QED) is 0.725. The number of carbonyl (C=O) groups excluding carboxylic acids is 1. The van der Waals surface area contributed by atoms with Gasteiger partial charge in [-0.25, -0.2) is 4.68 Å². The minimum atomic E-state index is -0.803. The number of aliphatic hydroxyl groups is 1. The van der Waals surface area contributed by atoms with Crippen LogP contribution in [0, 0.1) is 0 Å². The van der Waals surface area contributed by atoms with Gasteiger partial charge in [0.1, 0.15) is 0 Å². The number of nitrogens with one attached hydrogen (secondary N) is 1. The topological polar surface area (TPSA) is 80.0 Å². The summed E-state index contributed by atoms with van der Waals surface area (Å²) in [7, 11) is 0. The van der Waals surface area contributed by atoms with E-state index >= 15 is 0 Å². The van der Waals surface area contributed by atoms with Crippen LogP contribution in [0.5, 0.6) is 0 Å². The molecule has 1 amide bonds. The summed E-state index contributed by atoms with van der Waals surface area (Å²) in [6.07, 6.45) is 2.62. The maximum atomic E-state index is 12.2. The van der Waals surface area contributed by atoms with Gasteiger partial charge >= 0.3 is 0 Å². The second kappa shape index (κ2) is 7.72. The smallest absolute Gasteiger partial charge is 0.223 e. The third-order valence-electron chi connectivity index (χ3n) is 4.02. The number of aliphatic hydroxyl groups excluding tert-OH is 1. The van der Waals surface area contributed by atoms with Crippen molar-refractivity contribution in [3.8, 4) is 5.69 Å². The molecule has 128 valence electrons. The van der Waals surface area contributed by atoms with Crippen molar-refractivity contribution in [3.63, 3.8) is 0 Å². The summed E-state index contributed by atoms with van der Waals surface area (Å²) in [6.45, 7) is 1.91. The number of benzene rings is 2. The van der Waals surface area contributed by atoms with Crippen LogP contribution in [0.3, 0.4) is 0 Å². The molecule has 3 aromatic rings. The molecule has 6 heteroatoms. The predicted molar refractivity (Wildman–Crippen MR) is 93.9 cm³/mol. The third-order valence-corrected chi connectivity index (χ3v) is 4.02. The number of amides is 1. The second-order valence-electron chi connectivity index (χ2n) is 5.86. The van der Waals surface area contributed by atoms with E-state index in [0.29, 0.717) is 0 Å². The van der Waals surface area contributed by atoms with Crippen LogP contribution < -0.4 is 5.32 Å². The highest BCUT2D eigenvalue weighted by Crippen LogP contribution is 2.18. The summed E-state index contributed by atoms with van der Waals surface area (Å²) in [5.41, 5.74) is 2.62. The summed E-state index contributed by atoms with van der Waals surface area (Å²) in [5, 5.41) is 20.8. The highest BCUT2D eigenvalue weighted by Gasteiger charge is 2.15. The zero-order chi connectivity index (χ0) is 17.6. The van der Waals surface area contributed by atoms with E-state index in [4.69, 9.17) is 0 Å². The molecule has 0 bridgehead atoms. The number of hydrogen-bond donors (Lipinski definition) is 2. The zero-order valence-electron chi connectivity index (χ0n) is 13.9. The molecule has 0 saturated carbocycles. The summed E-state index contributed by atoms with van der Waals surface area (Å²) < 4.78 is 1.67. The van der Waals surface area contributed by atoms with E-state index in [-0.39, 0.29) is 18.4 Å². The number of hydrogen-bond acceptors (Lipinski definition) is 4. The van der Waals surface area contributed by atoms with Gasteiger partial charge in [0.25, 0.3) is 0 Å². The third kappa shape index (κ3) is 4.30. The molecule has 0 saturated heterocycles. The van der Waals surface area contributed by atoms with Crippen molar-refractivity contribution < 1.29 is 9.90 Å². The Bertz CT molecular complexity index is 801. The summed E-state index contributed by atoms with van der Waals surface area (Å²) in [4.78, 5) is 12.2. The van der Waals surface area contributed by atoms with Crippen molar-refractivity contribution in [2.45, 2.75) is 25.5 Å². The minimum Gasteiger partial charge on any atom is -0.388 e. The molecule has 2 aromatic carbocycles. The second-order valence-corrected chi connectivity index (χ2v) is 5.86. The number of nitrogens with zero attached hydrogens (tertiary/aromatic N) is 3. The average Bonchev–Trinajstić information content (AvgIpc) is 3.17. The van der Waals surface area contributed by atoms with Gasteiger partial charge in [-0.3, -0.25) is 4.79 Å². The van der Waals surface area contributed by atoms with Gasteiger partial charge in [0.15, 0.2) is 0 Å². The Kier molecular flexibility index (Phi) is 5.20. The first-order valence-corrected chi connectivity index (χ1v) is 8.12. The fourth-order valence-corrected chi connectivity index (χ4v) is 2.61. The SMILES string of the molecule is CC(NC(=O)CC(O)c1ccccc1)c1ccc(-n2ccnn2)cc1. The van der Waals surface area contributed by atoms with Gasteiger partial charge in [0, 0.05) is 0 Å². The molecule has 1 aromatic heterocycles. The van der Waals surface area contributed by atoms with E-state index in [2.05, 4.69) is 15.6 Å². The molecule has 2 atom stereocenters. The largest absolute Gasteiger partial charge is 0.388 e. The van der Waals surface area contributed by atoms with Crippen molar-refractivity contribution in [1.82, 2.24) is 20.3 Å². The van der Waals surface area contributed by atoms with Crippen LogP contribution >= 0.6 is 0 Å². The van der Waals surface area contributed by atoms with Crippen LogP contribution in [0.15, 0.2) is 67.0 Å². The number of carbonyl (C=O) groups is 1. The lowest BCUT2D eigenvalue weighted by atomic mass is 10.0. The number of aromatic nitrogens is 3. The first kappa shape index (κ1) is 16.9. The zero-order valence-corrected chi connectivity index (χ0v) is 13.9. The normalized spacial score (nSPS) is 13.2. The molecule has 0 aliphatic heterocycles. The molecule has 0 fully saturated rings. The van der Waals surface area contributed by atoms with Crippen molar-refractivity contribution in [3.05, 3.63) is 78.1 Å². The highest BCUT2D eigenvalue weighted by atomic mass is 16.3. The van der Waals surface area contributed by atoms with Crippen molar-refractivity contribution in [1.29, 1.82) is 0 Å². The van der Waals surface area contributed by atoms with Crippen molar-refractivity contribution >= 4 is 5.91 Å². The fourth-order valence-electron chi connectivity index (χ4n) is 2.61. The molecule has 0 aliphatic carbocycles. The van der Waals surface area contributed by atoms with Gasteiger partial charge in [-0.15, -0.1) is 5.10 Å². The predicted octanol–water partition coefficient (Wildman–Crippen LogP) is 2.57. The van der Waals surface area contributed by atoms with Crippen LogP contribution in [0.2, 0.25) is 0 Å². The first-order chi connectivity index (χ1) is 12.1. The molecular formula is C19H20N4O2. The lowest BCUT2D eigenvalue weighted by Crippen LogP contribution is -2.28. The van der Waals surface area contributed by atoms with E-state index in [0.717, 1.165) is 16.8 Å². The van der Waals surface area contributed by atoms with Gasteiger partial charge in [-0.05, 0) is 30.2 Å². The Morgan fingerprint density at radius 1 is 1.12 bits per heavy atom. The molecule has 3 rings (SSSR count). The maximum absolute atomic E-state index is 12.2. The summed E-state index contributed by atoms with van der Waals surface area (Å²) >= 11 is 0. The van der Waals surface area contributed by atoms with Gasteiger partial charge in [0.05, 0.1) is 36.6 Å². The molecule has 0 aliphatic rings. The van der Waals surface area contributed by atoms with Crippen LogP contribution in [0.4, 0.5) is 0 Å². The van der Waals surface area contributed by atoms with E-state index in [1.165, 1.54) is 0 Å². The molecule has 0 spiro atoms. The highest BCUT2D eigenvalue weighted by molar-refractivity contribution is 5.77. The van der Waals surface area contributed by atoms with Gasteiger partial charge in [-0.2, -0.15) is 0 Å². The van der Waals surface area contributed by atoms with Crippen LogP contribution in [0.1, 0.15) is 36.6 Å². The molecule has 1 heterocycles. The lowest BCUT2D eigenvalue weighted by molar-refractivity contribution is -0.123. The Hall–Kier alpha value is -2.99. The lowest BCUT2D eigenvalue weighted by Gasteiger charge is -2.17. The average molecular weight is 336 g/mol. The molecule has 2 N–H and O–H groups in total. The van der Waals surface area contributed by atoms with E-state index in [1.807, 2.05) is 61.5 Å². The van der Waals surface area contributed by atoms with Gasteiger partial charge < -0.3 is 10.4 Å². The molecule has 2 unspecified atom stereocenters. The Morgan fingerprint density at radius 3 is 2.48 bits per heavy atom. The van der Waals surface area contributed by atoms with Gasteiger partial charge in [0.2, 0.25) is 5.91 Å². The van der Waals surface area contributed by atoms with Crippen molar-refractivity contribution in [2.75, 3.05) is 0 Å². The van der Waals surface area contributed by atoms with E-state index < -0.39 is 6.10 Å². The standard InChI is InChI=1S/C19H20N4O2/c1-14(15-7-9-17(10-8-15)23-12-11-20-22-23)21-19(25)13-18(24)16-5-3-2-4-6-16/h2-12,14,18,24H,13H2,1H3,(H,21,25). The monoisotopic (exact) mass is 336 g/mol. The first-order valence-electron chi connectivity index (χ1n) is 8.12. The molecule has 0 radical (unpaired) electrons. The molecular weight excluding hydrogens is 316 g/mol.